The monoisotopic (exact) mass is 592 g/mol. The molecular formula is C27H24Cl4N4O3. The van der Waals surface area contributed by atoms with Crippen LogP contribution in [-0.4, -0.2) is 27.1 Å². The summed E-state index contributed by atoms with van der Waals surface area (Å²) < 4.78 is 3.09. The number of nitro benzene ring substituents is 1. The molecule has 0 bridgehead atoms. The molecule has 5 rings (SSSR count). The van der Waals surface area contributed by atoms with Gasteiger partial charge in [-0.15, -0.1) is 0 Å². The van der Waals surface area contributed by atoms with Gasteiger partial charge in [0, 0.05) is 39.2 Å². The summed E-state index contributed by atoms with van der Waals surface area (Å²) in [5, 5.41) is 14.0. The molecule has 0 N–H and O–H groups in total. The molecule has 0 saturated carbocycles. The van der Waals surface area contributed by atoms with E-state index in [0.717, 1.165) is 12.8 Å². The number of halogens is 4. The zero-order valence-corrected chi connectivity index (χ0v) is 23.5. The minimum atomic E-state index is -0.385. The molecule has 0 spiro atoms. The van der Waals surface area contributed by atoms with Crippen molar-refractivity contribution in [3.8, 4) is 0 Å². The third kappa shape index (κ3) is 5.25. The van der Waals surface area contributed by atoms with Crippen molar-refractivity contribution in [1.82, 2.24) is 9.13 Å². The van der Waals surface area contributed by atoms with Crippen LogP contribution in [0, 0.1) is 16.0 Å². The Balaban J connectivity index is 1.72. The van der Waals surface area contributed by atoms with Gasteiger partial charge in [0.25, 0.3) is 5.69 Å². The van der Waals surface area contributed by atoms with E-state index in [1.807, 2.05) is 4.90 Å². The molecule has 0 amide bonds. The number of piperidine rings is 1. The van der Waals surface area contributed by atoms with Gasteiger partial charge < -0.3 is 4.90 Å². The van der Waals surface area contributed by atoms with Crippen molar-refractivity contribution in [2.24, 2.45) is 5.92 Å². The van der Waals surface area contributed by atoms with E-state index < -0.39 is 0 Å². The first-order chi connectivity index (χ1) is 18.1. The Morgan fingerprint density at radius 3 is 1.82 bits per heavy atom. The van der Waals surface area contributed by atoms with Crippen LogP contribution in [0.5, 0.6) is 0 Å². The van der Waals surface area contributed by atoms with Gasteiger partial charge in [-0.1, -0.05) is 65.5 Å². The minimum Gasteiger partial charge on any atom is -0.366 e. The third-order valence-electron chi connectivity index (χ3n) is 7.12. The van der Waals surface area contributed by atoms with Crippen LogP contribution in [0.15, 0.2) is 53.3 Å². The Hall–Kier alpha value is -2.71. The van der Waals surface area contributed by atoms with Crippen molar-refractivity contribution in [2.45, 2.75) is 32.9 Å². The van der Waals surface area contributed by atoms with Crippen molar-refractivity contribution >= 4 is 68.8 Å². The zero-order chi connectivity index (χ0) is 27.1. The quantitative estimate of drug-likeness (QED) is 0.170. The van der Waals surface area contributed by atoms with Crippen LogP contribution in [0.25, 0.3) is 11.0 Å². The van der Waals surface area contributed by atoms with Gasteiger partial charge in [-0.2, -0.15) is 0 Å². The van der Waals surface area contributed by atoms with E-state index in [1.54, 1.807) is 47.0 Å². The molecule has 0 unspecified atom stereocenters. The molecule has 0 aliphatic carbocycles. The molecule has 1 aromatic heterocycles. The molecule has 1 saturated heterocycles. The summed E-state index contributed by atoms with van der Waals surface area (Å²) in [7, 11) is 0. The Morgan fingerprint density at radius 1 is 0.842 bits per heavy atom. The Bertz CT molecular complexity index is 1610. The van der Waals surface area contributed by atoms with E-state index in [2.05, 4.69) is 6.92 Å². The van der Waals surface area contributed by atoms with E-state index in [1.165, 1.54) is 10.6 Å². The van der Waals surface area contributed by atoms with E-state index in [0.29, 0.717) is 66.9 Å². The summed E-state index contributed by atoms with van der Waals surface area (Å²) >= 11 is 25.0. The highest BCUT2D eigenvalue weighted by atomic mass is 35.5. The van der Waals surface area contributed by atoms with Crippen LogP contribution in [0.2, 0.25) is 20.1 Å². The average molecular weight is 594 g/mol. The van der Waals surface area contributed by atoms with Crippen molar-refractivity contribution < 1.29 is 4.92 Å². The van der Waals surface area contributed by atoms with Gasteiger partial charge in [0.2, 0.25) is 0 Å². The molecule has 11 heteroatoms. The second kappa shape index (κ2) is 10.8. The summed E-state index contributed by atoms with van der Waals surface area (Å²) in [5.41, 5.74) is 2.51. The number of nitrogens with zero attached hydrogens (tertiary/aromatic N) is 4. The molecule has 4 aromatic rings. The third-order valence-corrected chi connectivity index (χ3v) is 8.30. The number of hydrogen-bond acceptors (Lipinski definition) is 4. The van der Waals surface area contributed by atoms with Crippen LogP contribution < -0.4 is 10.6 Å². The highest BCUT2D eigenvalue weighted by molar-refractivity contribution is 6.35. The second-order valence-corrected chi connectivity index (χ2v) is 11.4. The fourth-order valence-corrected chi connectivity index (χ4v) is 5.87. The van der Waals surface area contributed by atoms with Gasteiger partial charge in [-0.25, -0.2) is 4.79 Å². The summed E-state index contributed by atoms with van der Waals surface area (Å²) in [4.78, 5) is 27.7. The molecule has 198 valence electrons. The van der Waals surface area contributed by atoms with Crippen LogP contribution in [-0.2, 0) is 13.1 Å². The molecular weight excluding hydrogens is 570 g/mol. The van der Waals surface area contributed by atoms with E-state index >= 15 is 0 Å². The maximum Gasteiger partial charge on any atom is 0.329 e. The smallest absolute Gasteiger partial charge is 0.329 e. The Kier molecular flexibility index (Phi) is 7.65. The number of nitro groups is 1. The van der Waals surface area contributed by atoms with E-state index in [9.17, 15) is 14.9 Å². The highest BCUT2D eigenvalue weighted by Gasteiger charge is 2.27. The van der Waals surface area contributed by atoms with Crippen LogP contribution in [0.4, 0.5) is 11.4 Å². The topological polar surface area (TPSA) is 73.3 Å². The largest absolute Gasteiger partial charge is 0.366 e. The number of anilines is 1. The number of benzene rings is 3. The molecule has 7 nitrogen and oxygen atoms in total. The summed E-state index contributed by atoms with van der Waals surface area (Å²) in [5.74, 6) is 0.560. The summed E-state index contributed by atoms with van der Waals surface area (Å²) in [6, 6.07) is 13.4. The Labute approximate surface area is 239 Å². The molecule has 1 fully saturated rings. The van der Waals surface area contributed by atoms with Gasteiger partial charge in [0.1, 0.15) is 5.69 Å². The zero-order valence-electron chi connectivity index (χ0n) is 20.5. The number of rotatable bonds is 6. The van der Waals surface area contributed by atoms with Crippen LogP contribution in [0.3, 0.4) is 0 Å². The fraction of sp³-hybridized carbons (Fsp3) is 0.296. The molecule has 0 atom stereocenters. The lowest BCUT2D eigenvalue weighted by molar-refractivity contribution is -0.384. The molecule has 38 heavy (non-hydrogen) atoms. The molecule has 1 aliphatic heterocycles. The average Bonchev–Trinajstić information content (AvgIpc) is 3.12. The lowest BCUT2D eigenvalue weighted by Crippen LogP contribution is -2.33. The summed E-state index contributed by atoms with van der Waals surface area (Å²) in [6.45, 7) is 3.89. The van der Waals surface area contributed by atoms with Gasteiger partial charge in [-0.3, -0.25) is 19.2 Å². The van der Waals surface area contributed by atoms with Crippen molar-refractivity contribution in [2.75, 3.05) is 18.0 Å². The number of aromatic nitrogens is 2. The molecule has 1 aliphatic rings. The predicted molar refractivity (Wildman–Crippen MR) is 155 cm³/mol. The van der Waals surface area contributed by atoms with Crippen molar-refractivity contribution in [1.29, 1.82) is 0 Å². The minimum absolute atomic E-state index is 0.0373. The van der Waals surface area contributed by atoms with Gasteiger partial charge in [0.15, 0.2) is 0 Å². The number of fused-ring (bicyclic) bond motifs is 1. The lowest BCUT2D eigenvalue weighted by Gasteiger charge is -2.31. The lowest BCUT2D eigenvalue weighted by atomic mass is 9.98. The first-order valence-electron chi connectivity index (χ1n) is 12.2. The molecule has 0 radical (unpaired) electrons. The Morgan fingerprint density at radius 2 is 1.34 bits per heavy atom. The number of imidazole rings is 1. The SMILES string of the molecule is CC1CCN(c2cc3c(cc2[N+](=O)[O-])n(Cc2ccc(Cl)cc2Cl)c(=O)n3Cc2ccc(Cl)cc2Cl)CC1. The second-order valence-electron chi connectivity index (χ2n) is 9.68. The van der Waals surface area contributed by atoms with Crippen LogP contribution in [0.1, 0.15) is 30.9 Å². The normalized spacial score (nSPS) is 14.4. The fourth-order valence-electron chi connectivity index (χ4n) is 4.93. The maximum absolute atomic E-state index is 13.9. The molecule has 2 heterocycles. The van der Waals surface area contributed by atoms with Gasteiger partial charge in [0.05, 0.1) is 29.0 Å². The predicted octanol–water partition coefficient (Wildman–Crippen LogP) is 7.66. The first-order valence-corrected chi connectivity index (χ1v) is 13.7. The van der Waals surface area contributed by atoms with E-state index in [-0.39, 0.29) is 29.4 Å². The maximum atomic E-state index is 13.9. The van der Waals surface area contributed by atoms with Crippen LogP contribution >= 0.6 is 46.4 Å². The van der Waals surface area contributed by atoms with Crippen molar-refractivity contribution in [3.63, 3.8) is 0 Å². The highest BCUT2D eigenvalue weighted by Crippen LogP contribution is 2.36. The molecule has 3 aromatic carbocycles. The van der Waals surface area contributed by atoms with E-state index in [4.69, 9.17) is 46.4 Å². The number of hydrogen-bond donors (Lipinski definition) is 0. The standard InChI is InChI=1S/C27H24Cl4N4O3/c1-16-6-8-32(9-7-16)23-12-24-25(13-26(23)35(37)38)34(15-18-3-5-20(29)11-22(18)31)27(36)33(24)14-17-2-4-19(28)10-21(17)30/h2-5,10-13,16H,6-9,14-15H2,1H3. The van der Waals surface area contributed by atoms with Gasteiger partial charge >= 0.3 is 5.69 Å². The first kappa shape index (κ1) is 26.9. The van der Waals surface area contributed by atoms with Gasteiger partial charge in [-0.05, 0) is 60.2 Å². The van der Waals surface area contributed by atoms with Crippen molar-refractivity contribution in [3.05, 3.63) is 100 Å². The summed E-state index contributed by atoms with van der Waals surface area (Å²) in [6.07, 6.45) is 1.89.